The Kier molecular flexibility index (Phi) is 4.05. The van der Waals surface area contributed by atoms with Crippen molar-refractivity contribution in [3.05, 3.63) is 36.6 Å². The van der Waals surface area contributed by atoms with E-state index in [1.54, 1.807) is 30.3 Å². The van der Waals surface area contributed by atoms with Gasteiger partial charge in [0.05, 0.1) is 12.8 Å². The molecule has 1 aromatic heterocycles. The van der Waals surface area contributed by atoms with Crippen LogP contribution in [0.4, 0.5) is 10.5 Å². The summed E-state index contributed by atoms with van der Waals surface area (Å²) >= 11 is 0. The number of benzene rings is 1. The molecule has 0 radical (unpaired) electrons. The van der Waals surface area contributed by atoms with Gasteiger partial charge in [-0.05, 0) is 12.1 Å². The van der Waals surface area contributed by atoms with E-state index in [1.165, 1.54) is 11.2 Å². The molecule has 0 N–H and O–H groups in total. The normalized spacial score (nSPS) is 18.2. The van der Waals surface area contributed by atoms with Crippen molar-refractivity contribution in [3.63, 3.8) is 0 Å². The molecule has 3 rings (SSSR count). The molecule has 0 saturated carbocycles. The van der Waals surface area contributed by atoms with E-state index in [9.17, 15) is 13.2 Å². The second-order valence-electron chi connectivity index (χ2n) is 5.04. The zero-order valence-electron chi connectivity index (χ0n) is 12.2. The molecule has 122 valence electrons. The highest BCUT2D eigenvalue weighted by Gasteiger charge is 2.33. The lowest BCUT2D eigenvalue weighted by atomic mass is 10.1. The van der Waals surface area contributed by atoms with Crippen molar-refractivity contribution < 1.29 is 26.7 Å². The minimum absolute atomic E-state index is 0.196. The molecule has 2 heterocycles. The number of carbonyl (C=O) groups is 1. The first-order valence-corrected chi connectivity index (χ1v) is 8.57. The molecule has 23 heavy (non-hydrogen) atoms. The third kappa shape index (κ3) is 3.69. The van der Waals surface area contributed by atoms with Gasteiger partial charge in [0.15, 0.2) is 0 Å². The average molecular weight is 338 g/mol. The zero-order valence-corrected chi connectivity index (χ0v) is 13.0. The Hall–Kier alpha value is -2.39. The molecule has 0 aliphatic carbocycles. The van der Waals surface area contributed by atoms with Gasteiger partial charge in [-0.3, -0.25) is 9.08 Å². The molecule has 8 nitrogen and oxygen atoms in total. The summed E-state index contributed by atoms with van der Waals surface area (Å²) in [6, 6.07) is 8.86. The molecule has 1 aliphatic heterocycles. The fourth-order valence-corrected chi connectivity index (χ4v) is 2.59. The molecule has 1 fully saturated rings. The maximum Gasteiger partial charge on any atom is 0.414 e. The molecule has 1 saturated heterocycles. The van der Waals surface area contributed by atoms with Gasteiger partial charge in [-0.2, -0.15) is 8.42 Å². The summed E-state index contributed by atoms with van der Waals surface area (Å²) in [6.45, 7) is 0.0236. The predicted octanol–water partition coefficient (Wildman–Crippen LogP) is 1.64. The lowest BCUT2D eigenvalue weighted by molar-refractivity contribution is 0.107. The zero-order chi connectivity index (χ0) is 16.4. The highest BCUT2D eigenvalue weighted by atomic mass is 32.2. The largest absolute Gasteiger partial charge is 0.441 e. The van der Waals surface area contributed by atoms with E-state index in [0.29, 0.717) is 11.4 Å². The predicted molar refractivity (Wildman–Crippen MR) is 80.3 cm³/mol. The molecule has 0 bridgehead atoms. The first-order valence-electron chi connectivity index (χ1n) is 6.76. The monoisotopic (exact) mass is 338 g/mol. The van der Waals surface area contributed by atoms with Crippen LogP contribution in [0.5, 0.6) is 0 Å². The molecule has 2 aromatic rings. The van der Waals surface area contributed by atoms with Crippen molar-refractivity contribution in [2.24, 2.45) is 0 Å². The van der Waals surface area contributed by atoms with Crippen molar-refractivity contribution in [2.45, 2.75) is 6.10 Å². The molecule has 1 unspecified atom stereocenters. The number of amides is 1. The number of hydrogen-bond acceptors (Lipinski definition) is 7. The van der Waals surface area contributed by atoms with Crippen molar-refractivity contribution in [3.8, 4) is 11.3 Å². The molecule has 9 heteroatoms. The number of nitrogens with zero attached hydrogens (tertiary/aromatic N) is 2. The van der Waals surface area contributed by atoms with Crippen molar-refractivity contribution >= 4 is 21.9 Å². The van der Waals surface area contributed by atoms with Crippen LogP contribution in [0.25, 0.3) is 11.3 Å². The van der Waals surface area contributed by atoms with Crippen LogP contribution in [0.15, 0.2) is 41.1 Å². The highest BCUT2D eigenvalue weighted by molar-refractivity contribution is 7.85. The second kappa shape index (κ2) is 6.01. The van der Waals surface area contributed by atoms with Crippen LogP contribution >= 0.6 is 0 Å². The Bertz CT molecular complexity index is 785. The van der Waals surface area contributed by atoms with Crippen LogP contribution in [0.2, 0.25) is 0 Å². The van der Waals surface area contributed by atoms with Gasteiger partial charge in [0.25, 0.3) is 10.1 Å². The van der Waals surface area contributed by atoms with E-state index in [2.05, 4.69) is 9.34 Å². The number of anilines is 1. The van der Waals surface area contributed by atoms with Gasteiger partial charge in [0, 0.05) is 17.3 Å². The summed E-state index contributed by atoms with van der Waals surface area (Å²) in [5, 5.41) is 3.83. The minimum atomic E-state index is -3.57. The van der Waals surface area contributed by atoms with Crippen molar-refractivity contribution in [1.29, 1.82) is 0 Å². The van der Waals surface area contributed by atoms with E-state index < -0.39 is 22.3 Å². The summed E-state index contributed by atoms with van der Waals surface area (Å²) in [5.41, 5.74) is 2.19. The van der Waals surface area contributed by atoms with Crippen LogP contribution in [0.3, 0.4) is 0 Å². The molecular weight excluding hydrogens is 324 g/mol. The van der Waals surface area contributed by atoms with Gasteiger partial charge in [-0.1, -0.05) is 17.3 Å². The van der Waals surface area contributed by atoms with Gasteiger partial charge in [-0.15, -0.1) is 0 Å². The summed E-state index contributed by atoms with van der Waals surface area (Å²) in [4.78, 5) is 13.3. The number of ether oxygens (including phenoxy) is 1. The van der Waals surface area contributed by atoms with Gasteiger partial charge in [-0.25, -0.2) is 4.79 Å². The molecule has 1 aliphatic rings. The Morgan fingerprint density at radius 3 is 2.65 bits per heavy atom. The fraction of sp³-hybridized carbons (Fsp3) is 0.286. The van der Waals surface area contributed by atoms with Crippen molar-refractivity contribution in [1.82, 2.24) is 5.16 Å². The molecule has 0 spiro atoms. The van der Waals surface area contributed by atoms with Gasteiger partial charge < -0.3 is 9.26 Å². The lowest BCUT2D eigenvalue weighted by Crippen LogP contribution is -2.26. The molecule has 1 amide bonds. The second-order valence-corrected chi connectivity index (χ2v) is 6.68. The van der Waals surface area contributed by atoms with Crippen LogP contribution in [-0.2, 0) is 19.0 Å². The van der Waals surface area contributed by atoms with E-state index in [4.69, 9.17) is 9.26 Å². The fourth-order valence-electron chi connectivity index (χ4n) is 2.19. The first kappa shape index (κ1) is 15.5. The van der Waals surface area contributed by atoms with E-state index >= 15 is 0 Å². The highest BCUT2D eigenvalue weighted by Crippen LogP contribution is 2.25. The summed E-state index contributed by atoms with van der Waals surface area (Å²) in [6.07, 6.45) is 1.26. The van der Waals surface area contributed by atoms with Gasteiger partial charge in [0.1, 0.15) is 24.7 Å². The Labute approximate surface area is 132 Å². The maximum absolute atomic E-state index is 11.9. The summed E-state index contributed by atoms with van der Waals surface area (Å²) < 4.78 is 36.5. The third-order valence-electron chi connectivity index (χ3n) is 3.25. The molecule has 1 aromatic carbocycles. The maximum atomic E-state index is 11.9. The summed E-state index contributed by atoms with van der Waals surface area (Å²) in [7, 11) is -3.57. The standard InChI is InChI=1S/C14H14N2O6S/c1-23(18,19)21-9-12-8-16(14(17)22-12)11-4-2-10(3-5-11)13-6-7-20-15-13/h2-7,12H,8-9H2,1H3. The third-order valence-corrected chi connectivity index (χ3v) is 3.82. The topological polar surface area (TPSA) is 98.9 Å². The van der Waals surface area contributed by atoms with E-state index in [0.717, 1.165) is 11.8 Å². The van der Waals surface area contributed by atoms with Crippen LogP contribution in [-0.4, -0.2) is 45.2 Å². The minimum Gasteiger partial charge on any atom is -0.441 e. The number of cyclic esters (lactones) is 1. The Morgan fingerprint density at radius 1 is 1.30 bits per heavy atom. The Morgan fingerprint density at radius 2 is 2.04 bits per heavy atom. The van der Waals surface area contributed by atoms with Crippen LogP contribution < -0.4 is 4.90 Å². The number of aromatic nitrogens is 1. The van der Waals surface area contributed by atoms with E-state index in [1.807, 2.05) is 0 Å². The number of hydrogen-bond donors (Lipinski definition) is 0. The number of rotatable bonds is 5. The van der Waals surface area contributed by atoms with Crippen LogP contribution in [0, 0.1) is 0 Å². The molecule has 1 atom stereocenters. The smallest absolute Gasteiger partial charge is 0.414 e. The molecular formula is C14H14N2O6S. The quantitative estimate of drug-likeness (QED) is 0.764. The van der Waals surface area contributed by atoms with Gasteiger partial charge in [0.2, 0.25) is 0 Å². The van der Waals surface area contributed by atoms with Crippen molar-refractivity contribution in [2.75, 3.05) is 24.3 Å². The SMILES string of the molecule is CS(=O)(=O)OCC1CN(c2ccc(-c3ccon3)cc2)C(=O)O1. The Balaban J connectivity index is 1.68. The van der Waals surface area contributed by atoms with E-state index in [-0.39, 0.29) is 13.2 Å². The average Bonchev–Trinajstić information content (AvgIpc) is 3.14. The number of carbonyl (C=O) groups excluding carboxylic acids is 1. The summed E-state index contributed by atoms with van der Waals surface area (Å²) in [5.74, 6) is 0. The first-order chi connectivity index (χ1) is 10.9. The van der Waals surface area contributed by atoms with Gasteiger partial charge >= 0.3 is 6.09 Å². The van der Waals surface area contributed by atoms with Crippen LogP contribution in [0.1, 0.15) is 0 Å². The lowest BCUT2D eigenvalue weighted by Gasteiger charge is -2.13.